The molecule has 1 aromatic heterocycles. The van der Waals surface area contributed by atoms with E-state index in [4.69, 9.17) is 0 Å². The summed E-state index contributed by atoms with van der Waals surface area (Å²) >= 11 is 3.11. The summed E-state index contributed by atoms with van der Waals surface area (Å²) in [7, 11) is 1.82. The molecule has 0 aliphatic rings. The number of benzene rings is 1. The number of alkyl halides is 3. The number of hydrogen-bond acceptors (Lipinski definition) is 2. The third kappa shape index (κ3) is 4.00. The smallest absolute Gasteiger partial charge is 0.381 e. The molecule has 1 N–H and O–H groups in total. The lowest BCUT2D eigenvalue weighted by Gasteiger charge is -2.11. The minimum atomic E-state index is -4.36. The zero-order valence-electron chi connectivity index (χ0n) is 11.6. The normalized spacial score (nSPS) is 11.7. The molecular weight excluding hydrogens is 347 g/mol. The Hall–Kier alpha value is -1.50. The zero-order chi connectivity index (χ0) is 15.6. The summed E-state index contributed by atoms with van der Waals surface area (Å²) in [5.74, 6) is 0. The molecule has 2 aromatic rings. The fourth-order valence-corrected chi connectivity index (χ4v) is 2.57. The monoisotopic (exact) mass is 361 g/mol. The van der Waals surface area contributed by atoms with Crippen LogP contribution in [0.3, 0.4) is 0 Å². The van der Waals surface area contributed by atoms with Gasteiger partial charge < -0.3 is 5.32 Å². The molecule has 0 saturated carbocycles. The van der Waals surface area contributed by atoms with Gasteiger partial charge in [0.25, 0.3) is 0 Å². The maximum absolute atomic E-state index is 12.8. The van der Waals surface area contributed by atoms with Crippen LogP contribution in [0.4, 0.5) is 18.9 Å². The Labute approximate surface area is 129 Å². The standard InChI is InChI=1S/C14H15BrF3N3/c1-3-13-9(8-21(2)20-13)7-19-12-5-10(14(16,17)18)4-11(15)6-12/h4-6,8,19H,3,7H2,1-2H3. The molecule has 2 rings (SSSR count). The maximum atomic E-state index is 12.8. The van der Waals surface area contributed by atoms with E-state index in [2.05, 4.69) is 26.3 Å². The molecular formula is C14H15BrF3N3. The number of anilines is 1. The van der Waals surface area contributed by atoms with Crippen LogP contribution in [0.15, 0.2) is 28.9 Å². The van der Waals surface area contributed by atoms with Crippen molar-refractivity contribution >= 4 is 21.6 Å². The first-order valence-electron chi connectivity index (χ1n) is 6.42. The number of halogens is 4. The number of aryl methyl sites for hydroxylation is 2. The van der Waals surface area contributed by atoms with E-state index < -0.39 is 11.7 Å². The van der Waals surface area contributed by atoms with Crippen molar-refractivity contribution in [1.29, 1.82) is 0 Å². The van der Waals surface area contributed by atoms with Crippen LogP contribution < -0.4 is 5.32 Å². The third-order valence-electron chi connectivity index (χ3n) is 3.03. The van der Waals surface area contributed by atoms with Crippen molar-refractivity contribution in [3.05, 3.63) is 45.7 Å². The van der Waals surface area contributed by atoms with E-state index in [1.807, 2.05) is 20.2 Å². The van der Waals surface area contributed by atoms with Gasteiger partial charge in [0.2, 0.25) is 0 Å². The van der Waals surface area contributed by atoms with Gasteiger partial charge in [-0.2, -0.15) is 18.3 Å². The van der Waals surface area contributed by atoms with Crippen LogP contribution in [-0.4, -0.2) is 9.78 Å². The number of aromatic nitrogens is 2. The first-order chi connectivity index (χ1) is 9.79. The lowest BCUT2D eigenvalue weighted by atomic mass is 10.1. The fourth-order valence-electron chi connectivity index (χ4n) is 2.08. The first kappa shape index (κ1) is 15.9. The Kier molecular flexibility index (Phi) is 4.61. The van der Waals surface area contributed by atoms with Gasteiger partial charge in [-0.05, 0) is 24.6 Å². The second-order valence-corrected chi connectivity index (χ2v) is 5.62. The Morgan fingerprint density at radius 1 is 1.29 bits per heavy atom. The highest BCUT2D eigenvalue weighted by atomic mass is 79.9. The van der Waals surface area contributed by atoms with Crippen LogP contribution in [0.2, 0.25) is 0 Å². The van der Waals surface area contributed by atoms with Gasteiger partial charge in [0.15, 0.2) is 0 Å². The summed E-state index contributed by atoms with van der Waals surface area (Å²) in [6.07, 6.45) is -1.71. The molecule has 0 fully saturated rings. The minimum Gasteiger partial charge on any atom is -0.381 e. The number of nitrogens with zero attached hydrogens (tertiary/aromatic N) is 2. The van der Waals surface area contributed by atoms with E-state index in [-0.39, 0.29) is 0 Å². The van der Waals surface area contributed by atoms with Crippen molar-refractivity contribution in [3.63, 3.8) is 0 Å². The molecule has 114 valence electrons. The average molecular weight is 362 g/mol. The van der Waals surface area contributed by atoms with E-state index in [1.165, 1.54) is 0 Å². The maximum Gasteiger partial charge on any atom is 0.416 e. The van der Waals surface area contributed by atoms with Crippen LogP contribution in [0.5, 0.6) is 0 Å². The van der Waals surface area contributed by atoms with Crippen molar-refractivity contribution in [2.75, 3.05) is 5.32 Å². The van der Waals surface area contributed by atoms with Gasteiger partial charge in [0, 0.05) is 35.5 Å². The summed E-state index contributed by atoms with van der Waals surface area (Å²) in [5, 5.41) is 7.32. The first-order valence-corrected chi connectivity index (χ1v) is 7.22. The van der Waals surface area contributed by atoms with Gasteiger partial charge in [-0.1, -0.05) is 22.9 Å². The molecule has 0 atom stereocenters. The largest absolute Gasteiger partial charge is 0.416 e. The molecule has 0 aliphatic carbocycles. The van der Waals surface area contributed by atoms with Gasteiger partial charge in [-0.3, -0.25) is 4.68 Å². The molecule has 0 bridgehead atoms. The molecule has 0 spiro atoms. The topological polar surface area (TPSA) is 29.9 Å². The summed E-state index contributed by atoms with van der Waals surface area (Å²) in [4.78, 5) is 0. The molecule has 1 aromatic carbocycles. The van der Waals surface area contributed by atoms with Gasteiger partial charge in [0.05, 0.1) is 11.3 Å². The van der Waals surface area contributed by atoms with Crippen molar-refractivity contribution in [2.45, 2.75) is 26.1 Å². The lowest BCUT2D eigenvalue weighted by molar-refractivity contribution is -0.137. The molecule has 0 radical (unpaired) electrons. The quantitative estimate of drug-likeness (QED) is 0.875. The Bertz CT molecular complexity index is 635. The van der Waals surface area contributed by atoms with Crippen molar-refractivity contribution in [3.8, 4) is 0 Å². The van der Waals surface area contributed by atoms with Crippen LogP contribution in [0, 0.1) is 0 Å². The molecule has 7 heteroatoms. The highest BCUT2D eigenvalue weighted by Crippen LogP contribution is 2.33. The molecule has 0 saturated heterocycles. The minimum absolute atomic E-state index is 0.390. The molecule has 0 amide bonds. The van der Waals surface area contributed by atoms with E-state index >= 15 is 0 Å². The number of rotatable bonds is 4. The van der Waals surface area contributed by atoms with E-state index in [1.54, 1.807) is 10.7 Å². The van der Waals surface area contributed by atoms with Gasteiger partial charge in [-0.25, -0.2) is 0 Å². The van der Waals surface area contributed by atoms with Crippen molar-refractivity contribution in [2.24, 2.45) is 7.05 Å². The Balaban J connectivity index is 2.18. The molecule has 3 nitrogen and oxygen atoms in total. The predicted molar refractivity (Wildman–Crippen MR) is 79.1 cm³/mol. The molecule has 0 aliphatic heterocycles. The van der Waals surface area contributed by atoms with Gasteiger partial charge in [-0.15, -0.1) is 0 Å². The highest BCUT2D eigenvalue weighted by Gasteiger charge is 2.31. The fraction of sp³-hybridized carbons (Fsp3) is 0.357. The SMILES string of the molecule is CCc1nn(C)cc1CNc1cc(Br)cc(C(F)(F)F)c1. The Morgan fingerprint density at radius 2 is 2.00 bits per heavy atom. The average Bonchev–Trinajstić information content (AvgIpc) is 2.75. The van der Waals surface area contributed by atoms with Crippen LogP contribution in [-0.2, 0) is 26.2 Å². The van der Waals surface area contributed by atoms with Crippen LogP contribution >= 0.6 is 15.9 Å². The van der Waals surface area contributed by atoms with E-state index in [0.29, 0.717) is 16.7 Å². The van der Waals surface area contributed by atoms with Crippen molar-refractivity contribution in [1.82, 2.24) is 9.78 Å². The van der Waals surface area contributed by atoms with Gasteiger partial charge in [0.1, 0.15) is 0 Å². The number of hydrogen-bond donors (Lipinski definition) is 1. The third-order valence-corrected chi connectivity index (χ3v) is 3.49. The summed E-state index contributed by atoms with van der Waals surface area (Å²) < 4.78 is 40.4. The zero-order valence-corrected chi connectivity index (χ0v) is 13.2. The molecule has 0 unspecified atom stereocenters. The van der Waals surface area contributed by atoms with Crippen molar-refractivity contribution < 1.29 is 13.2 Å². The summed E-state index contributed by atoms with van der Waals surface area (Å²) in [5.41, 5.74) is 1.66. The second-order valence-electron chi connectivity index (χ2n) is 4.71. The van der Waals surface area contributed by atoms with Crippen LogP contribution in [0.1, 0.15) is 23.7 Å². The highest BCUT2D eigenvalue weighted by molar-refractivity contribution is 9.10. The summed E-state index contributed by atoms with van der Waals surface area (Å²) in [6.45, 7) is 2.43. The lowest BCUT2D eigenvalue weighted by Crippen LogP contribution is -2.07. The Morgan fingerprint density at radius 3 is 2.62 bits per heavy atom. The second kappa shape index (κ2) is 6.09. The number of nitrogens with one attached hydrogen (secondary N) is 1. The van der Waals surface area contributed by atoms with E-state index in [0.717, 1.165) is 29.8 Å². The summed E-state index contributed by atoms with van der Waals surface area (Å²) in [6, 6.07) is 3.79. The predicted octanol–water partition coefficient (Wildman–Crippen LogP) is 4.38. The van der Waals surface area contributed by atoms with E-state index in [9.17, 15) is 13.2 Å². The van der Waals surface area contributed by atoms with Gasteiger partial charge >= 0.3 is 6.18 Å². The molecule has 1 heterocycles. The van der Waals surface area contributed by atoms with Crippen LogP contribution in [0.25, 0.3) is 0 Å². The molecule has 21 heavy (non-hydrogen) atoms.